The van der Waals surface area contributed by atoms with Crippen molar-refractivity contribution in [3.05, 3.63) is 235 Å². The van der Waals surface area contributed by atoms with E-state index in [2.05, 4.69) is 256 Å². The zero-order chi connectivity index (χ0) is 49.0. The summed E-state index contributed by atoms with van der Waals surface area (Å²) in [6.45, 7) is 2.31. The Morgan fingerprint density at radius 3 is 1.63 bits per heavy atom. The Hall–Kier alpha value is -9.52. The molecule has 352 valence electrons. The summed E-state index contributed by atoms with van der Waals surface area (Å²) in [4.78, 5) is 13.0. The molecule has 0 amide bonds. The van der Waals surface area contributed by atoms with E-state index in [0.29, 0.717) is 5.92 Å². The Balaban J connectivity index is 0.840. The number of rotatable bonds is 4. The second-order valence-electron chi connectivity index (χ2n) is 21.0. The van der Waals surface area contributed by atoms with Crippen LogP contribution in [0.4, 0.5) is 11.4 Å². The van der Waals surface area contributed by atoms with Gasteiger partial charge in [0.2, 0.25) is 0 Å². The van der Waals surface area contributed by atoms with Crippen LogP contribution < -0.4 is 15.5 Å². The lowest BCUT2D eigenvalue weighted by Gasteiger charge is -2.29. The van der Waals surface area contributed by atoms with Crippen LogP contribution in [0.25, 0.3) is 128 Å². The Morgan fingerprint density at radius 1 is 0.453 bits per heavy atom. The van der Waals surface area contributed by atoms with E-state index < -0.39 is 0 Å². The number of nitrogens with zero attached hydrogens (tertiary/aromatic N) is 6. The van der Waals surface area contributed by atoms with Gasteiger partial charge in [-0.25, -0.2) is 9.97 Å². The van der Waals surface area contributed by atoms with Gasteiger partial charge in [-0.3, -0.25) is 8.80 Å². The zero-order valence-electron chi connectivity index (χ0n) is 41.1. The quantitative estimate of drug-likeness (QED) is 0.165. The molecule has 75 heavy (non-hydrogen) atoms. The third-order valence-corrected chi connectivity index (χ3v) is 16.8. The number of anilines is 2. The molecule has 0 radical (unpaired) electrons. The molecule has 3 unspecified atom stereocenters. The lowest BCUT2D eigenvalue weighted by molar-refractivity contribution is 0.733. The van der Waals surface area contributed by atoms with Crippen molar-refractivity contribution in [2.45, 2.75) is 25.3 Å². The van der Waals surface area contributed by atoms with Gasteiger partial charge in [0.1, 0.15) is 11.3 Å². The van der Waals surface area contributed by atoms with E-state index >= 15 is 0 Å². The molecule has 3 atom stereocenters. The number of hydrogen-bond donors (Lipinski definition) is 0. The third kappa shape index (κ3) is 5.79. The lowest BCUT2D eigenvalue weighted by Crippen LogP contribution is -2.40. The van der Waals surface area contributed by atoms with Gasteiger partial charge in [-0.05, 0) is 148 Å². The molecule has 6 heteroatoms. The Labute approximate surface area is 431 Å². The van der Waals surface area contributed by atoms with Crippen LogP contribution in [0, 0.1) is 5.92 Å². The van der Waals surface area contributed by atoms with Gasteiger partial charge < -0.3 is 9.47 Å². The Morgan fingerprint density at radius 2 is 1.00 bits per heavy atom. The largest absolute Gasteiger partial charge is 0.333 e. The van der Waals surface area contributed by atoms with Crippen molar-refractivity contribution in [1.82, 2.24) is 23.3 Å². The van der Waals surface area contributed by atoms with Crippen LogP contribution in [0.5, 0.6) is 0 Å². The first-order chi connectivity index (χ1) is 37.1. The molecule has 5 aromatic heterocycles. The van der Waals surface area contributed by atoms with E-state index in [1.165, 1.54) is 98.9 Å². The van der Waals surface area contributed by atoms with Crippen LogP contribution in [-0.4, -0.2) is 29.4 Å². The summed E-state index contributed by atoms with van der Waals surface area (Å²) < 4.78 is 7.21. The fourth-order valence-corrected chi connectivity index (χ4v) is 13.3. The number of hydrogen-bond acceptors (Lipinski definition) is 3. The Kier molecular flexibility index (Phi) is 8.34. The van der Waals surface area contributed by atoms with Crippen LogP contribution in [0.3, 0.4) is 0 Å². The van der Waals surface area contributed by atoms with Gasteiger partial charge in [-0.1, -0.05) is 140 Å². The van der Waals surface area contributed by atoms with Gasteiger partial charge >= 0.3 is 0 Å². The summed E-state index contributed by atoms with van der Waals surface area (Å²) in [7, 11) is 0. The third-order valence-electron chi connectivity index (χ3n) is 16.8. The maximum Gasteiger partial charge on any atom is 0.146 e. The summed E-state index contributed by atoms with van der Waals surface area (Å²) in [6, 6.07) is 73.8. The molecule has 9 aromatic carbocycles. The predicted molar refractivity (Wildman–Crippen MR) is 312 cm³/mol. The number of benzene rings is 9. The summed E-state index contributed by atoms with van der Waals surface area (Å²) in [6.07, 6.45) is 13.3. The Bertz CT molecular complexity index is 5030. The van der Waals surface area contributed by atoms with Crippen LogP contribution in [-0.2, 0) is 0 Å². The van der Waals surface area contributed by atoms with Crippen molar-refractivity contribution in [2.75, 3.05) is 4.90 Å². The maximum atomic E-state index is 5.19. The number of imidazole rings is 2. The van der Waals surface area contributed by atoms with Crippen molar-refractivity contribution >= 4 is 117 Å². The maximum absolute atomic E-state index is 5.19. The zero-order valence-corrected chi connectivity index (χ0v) is 41.1. The van der Waals surface area contributed by atoms with Crippen molar-refractivity contribution in [1.29, 1.82) is 0 Å². The molecular weight excluding hydrogens is 913 g/mol. The number of fused-ring (bicyclic) bond motifs is 22. The van der Waals surface area contributed by atoms with E-state index in [0.717, 1.165) is 50.6 Å². The first-order valence-electron chi connectivity index (χ1n) is 26.3. The highest BCUT2D eigenvalue weighted by Gasteiger charge is 2.39. The van der Waals surface area contributed by atoms with Crippen molar-refractivity contribution in [3.8, 4) is 22.3 Å². The van der Waals surface area contributed by atoms with Gasteiger partial charge in [0.05, 0.1) is 50.0 Å². The fraction of sp³-hybridized carbons (Fsp3) is 0.0725. The molecule has 0 saturated carbocycles. The first kappa shape index (κ1) is 41.0. The number of aromatic nitrogens is 5. The molecule has 17 rings (SSSR count). The highest BCUT2D eigenvalue weighted by Crippen LogP contribution is 2.49. The minimum atomic E-state index is 0.0769. The normalized spacial score (nSPS) is 17.2. The molecule has 14 aromatic rings. The number of para-hydroxylation sites is 7. The van der Waals surface area contributed by atoms with Gasteiger partial charge in [0, 0.05) is 55.1 Å². The molecule has 0 fully saturated rings. The topological polar surface area (TPSA) is 42.8 Å². The highest BCUT2D eigenvalue weighted by molar-refractivity contribution is 6.16. The fourth-order valence-electron chi connectivity index (χ4n) is 13.3. The van der Waals surface area contributed by atoms with E-state index in [9.17, 15) is 0 Å². The van der Waals surface area contributed by atoms with Gasteiger partial charge in [-0.2, -0.15) is 0 Å². The van der Waals surface area contributed by atoms with Crippen LogP contribution in [0.15, 0.2) is 218 Å². The molecule has 1 aliphatic heterocycles. The van der Waals surface area contributed by atoms with E-state index in [1.54, 1.807) is 0 Å². The van der Waals surface area contributed by atoms with Crippen LogP contribution >= 0.6 is 0 Å². The van der Waals surface area contributed by atoms with Crippen molar-refractivity contribution in [2.24, 2.45) is 5.92 Å². The molecule has 0 N–H and O–H groups in total. The highest BCUT2D eigenvalue weighted by atomic mass is 15.2. The van der Waals surface area contributed by atoms with E-state index in [-0.39, 0.29) is 12.0 Å². The second-order valence-corrected chi connectivity index (χ2v) is 21.0. The van der Waals surface area contributed by atoms with Crippen LogP contribution in [0.2, 0.25) is 0 Å². The molecule has 0 bridgehead atoms. The molecular formula is C69H46N6. The van der Waals surface area contributed by atoms with E-state index in [1.807, 2.05) is 0 Å². The summed E-state index contributed by atoms with van der Waals surface area (Å²) in [5.74, 6) is 0.627. The molecule has 0 saturated heterocycles. The van der Waals surface area contributed by atoms with Gasteiger partial charge in [-0.15, -0.1) is 0 Å². The molecule has 3 aliphatic rings. The first-order valence-corrected chi connectivity index (χ1v) is 26.3. The minimum absolute atomic E-state index is 0.0769. The number of pyridine rings is 2. The summed E-state index contributed by atoms with van der Waals surface area (Å²) >= 11 is 0. The average molecular weight is 959 g/mol. The SMILES string of the molecule is CC1C=CC(n2c3c(c4ccc(-c5ccc6c(c5)c5ccccc5n5c7ccccc7nc65)cc42)=CC2C(C=3)c3ccc(-c4ccc5c(c4)c4ccccc4n4c6ccccc6nc54)cc3N2c2ccccc2)=CC1. The average Bonchev–Trinajstić information content (AvgIpc) is 4.30. The van der Waals surface area contributed by atoms with Crippen LogP contribution in [0.1, 0.15) is 24.8 Å². The molecule has 6 heterocycles. The van der Waals surface area contributed by atoms with Crippen molar-refractivity contribution < 1.29 is 0 Å². The van der Waals surface area contributed by atoms with Gasteiger partial charge in [0.15, 0.2) is 0 Å². The molecule has 0 spiro atoms. The monoisotopic (exact) mass is 958 g/mol. The lowest BCUT2D eigenvalue weighted by atomic mass is 9.89. The van der Waals surface area contributed by atoms with Crippen molar-refractivity contribution in [3.63, 3.8) is 0 Å². The summed E-state index contributed by atoms with van der Waals surface area (Å²) in [5, 5.41) is 11.0. The van der Waals surface area contributed by atoms with E-state index in [4.69, 9.17) is 9.97 Å². The standard InChI is InChI=1S/C69H46N6/c1-41-23-29-47(30-24-41)73-65-38-45(43-28-34-53-55(36-43)49-16-6-10-20-61(49)75-63-22-12-8-18-59(63)71-69(53)75)26-32-51(65)57-39-66-56(40-67(57)73)50-31-25-44(37-64(50)72(66)46-13-3-2-4-14-46)42-27-33-52-54(35-42)48-15-5-9-19-60(48)74-62-21-11-7-17-58(62)70-68(52)74/h2-23,25-41,56,66H,24H2,1H3. The predicted octanol–water partition coefficient (Wildman–Crippen LogP) is 15.5. The second kappa shape index (κ2) is 15.3. The minimum Gasteiger partial charge on any atom is -0.333 e. The smallest absolute Gasteiger partial charge is 0.146 e. The summed E-state index contributed by atoms with van der Waals surface area (Å²) in [5.41, 5.74) is 19.6. The number of allylic oxidation sites excluding steroid dienone is 4. The molecule has 6 nitrogen and oxygen atoms in total. The molecule has 2 aliphatic carbocycles. The van der Waals surface area contributed by atoms with Gasteiger partial charge in [0.25, 0.3) is 0 Å².